The number of benzene rings is 4. The summed E-state index contributed by atoms with van der Waals surface area (Å²) in [5, 5.41) is 0. The molecule has 4 aliphatic rings. The summed E-state index contributed by atoms with van der Waals surface area (Å²) in [7, 11) is 0. The average molecular weight is 495 g/mol. The number of hydrogen-bond acceptors (Lipinski definition) is 0. The van der Waals surface area contributed by atoms with Gasteiger partial charge in [-0.25, -0.2) is 0 Å². The summed E-state index contributed by atoms with van der Waals surface area (Å²) in [5.41, 5.74) is 13.0. The lowest BCUT2D eigenvalue weighted by molar-refractivity contribution is -0.248. The van der Waals surface area contributed by atoms with E-state index in [0.29, 0.717) is 0 Å². The molecule has 0 radical (unpaired) electrons. The van der Waals surface area contributed by atoms with Crippen LogP contribution in [0, 0.1) is 33.1 Å². The lowest BCUT2D eigenvalue weighted by Gasteiger charge is -2.85. The summed E-state index contributed by atoms with van der Waals surface area (Å²) in [6.45, 7) is 8.90. The second kappa shape index (κ2) is 7.09. The Morgan fingerprint density at radius 3 is 0.974 bits per heavy atom. The van der Waals surface area contributed by atoms with E-state index in [1.165, 1.54) is 54.4 Å². The van der Waals surface area contributed by atoms with Gasteiger partial charge in [0.2, 0.25) is 0 Å². The summed E-state index contributed by atoms with van der Waals surface area (Å²) in [6.07, 6.45) is 6.44. The van der Waals surface area contributed by atoms with Gasteiger partial charge in [-0.2, -0.15) is 0 Å². The SMILES string of the molecule is Cc1ccc(C23CC4(c5ccc(C)cc5)CC5(c6ccc(C)cc6)CC(c6ccc(C)cc6)(C2)C45C3)cc1. The second-order valence-corrected chi connectivity index (χ2v) is 13.8. The van der Waals surface area contributed by atoms with Crippen LogP contribution in [0.2, 0.25) is 0 Å². The maximum Gasteiger partial charge on any atom is 0.00442 e. The van der Waals surface area contributed by atoms with Crippen molar-refractivity contribution in [3.05, 3.63) is 142 Å². The highest BCUT2D eigenvalue weighted by atomic mass is 15.0. The third-order valence-electron chi connectivity index (χ3n) is 12.0. The number of fused-ring (bicyclic) bond motifs is 1. The van der Waals surface area contributed by atoms with E-state index in [-0.39, 0.29) is 27.1 Å². The van der Waals surface area contributed by atoms with Crippen molar-refractivity contribution < 1.29 is 0 Å². The van der Waals surface area contributed by atoms with Crippen molar-refractivity contribution in [2.24, 2.45) is 5.41 Å². The van der Waals surface area contributed by atoms with Crippen LogP contribution in [-0.2, 0) is 21.7 Å². The molecule has 4 aromatic rings. The molecule has 0 heteroatoms. The Morgan fingerprint density at radius 2 is 0.632 bits per heavy atom. The minimum Gasteiger partial charge on any atom is -0.0590 e. The van der Waals surface area contributed by atoms with E-state index in [1.807, 2.05) is 0 Å². The third kappa shape index (κ3) is 2.40. The lowest BCUT2D eigenvalue weighted by Crippen LogP contribution is -2.84. The molecular weight excluding hydrogens is 456 g/mol. The topological polar surface area (TPSA) is 0 Å². The van der Waals surface area contributed by atoms with Crippen molar-refractivity contribution >= 4 is 0 Å². The number of hydrogen-bond donors (Lipinski definition) is 0. The standard InChI is InChI=1S/C38H38/c1-26-5-13-30(14-6-26)34-21-35(31-15-7-27(2)8-16-31)24-37(33-19-11-29(4)12-20-33)25-36(22-34,38(35,37)23-34)32-17-9-28(3)10-18-32/h5-20H,21-25H2,1-4H3. The van der Waals surface area contributed by atoms with E-state index >= 15 is 0 Å². The molecule has 4 saturated carbocycles. The van der Waals surface area contributed by atoms with Crippen molar-refractivity contribution in [1.29, 1.82) is 0 Å². The van der Waals surface area contributed by atoms with Gasteiger partial charge in [-0.15, -0.1) is 0 Å². The Labute approximate surface area is 228 Å². The Kier molecular flexibility index (Phi) is 4.26. The minimum absolute atomic E-state index is 0.220. The molecule has 0 N–H and O–H groups in total. The maximum absolute atomic E-state index is 2.49. The fraction of sp³-hybridized carbons (Fsp3) is 0.368. The molecule has 4 fully saturated rings. The van der Waals surface area contributed by atoms with Gasteiger partial charge in [0.25, 0.3) is 0 Å². The molecule has 2 unspecified atom stereocenters. The molecule has 190 valence electrons. The normalized spacial score (nSPS) is 35.9. The summed E-state index contributed by atoms with van der Waals surface area (Å²) in [6, 6.07) is 38.7. The molecule has 38 heavy (non-hydrogen) atoms. The summed E-state index contributed by atoms with van der Waals surface area (Å²) in [5.74, 6) is 0. The molecule has 0 aliphatic heterocycles. The lowest BCUT2D eigenvalue weighted by atomic mass is 9.17. The van der Waals surface area contributed by atoms with Gasteiger partial charge < -0.3 is 0 Å². The van der Waals surface area contributed by atoms with Gasteiger partial charge in [0.05, 0.1) is 0 Å². The first kappa shape index (κ1) is 22.8. The van der Waals surface area contributed by atoms with E-state index in [4.69, 9.17) is 0 Å². The molecule has 8 rings (SSSR count). The molecule has 4 aliphatic carbocycles. The highest BCUT2D eigenvalue weighted by Gasteiger charge is 2.95. The van der Waals surface area contributed by atoms with E-state index in [1.54, 1.807) is 22.3 Å². The average Bonchev–Trinajstić information content (AvgIpc) is 3.35. The first-order valence-electron chi connectivity index (χ1n) is 14.6. The van der Waals surface area contributed by atoms with E-state index in [0.717, 1.165) is 0 Å². The van der Waals surface area contributed by atoms with E-state index in [9.17, 15) is 0 Å². The van der Waals surface area contributed by atoms with Gasteiger partial charge in [0.1, 0.15) is 0 Å². The van der Waals surface area contributed by atoms with Crippen molar-refractivity contribution in [3.8, 4) is 0 Å². The van der Waals surface area contributed by atoms with Crippen LogP contribution >= 0.6 is 0 Å². The smallest absolute Gasteiger partial charge is 0.00442 e. The number of rotatable bonds is 4. The minimum atomic E-state index is 0.220. The molecule has 4 aromatic carbocycles. The molecule has 0 amide bonds. The van der Waals surface area contributed by atoms with Gasteiger partial charge in [-0.1, -0.05) is 119 Å². The van der Waals surface area contributed by atoms with Crippen molar-refractivity contribution in [1.82, 2.24) is 0 Å². The van der Waals surface area contributed by atoms with E-state index < -0.39 is 0 Å². The quantitative estimate of drug-likeness (QED) is 0.266. The monoisotopic (exact) mass is 494 g/mol. The summed E-state index contributed by atoms with van der Waals surface area (Å²) < 4.78 is 0. The van der Waals surface area contributed by atoms with Crippen LogP contribution < -0.4 is 0 Å². The van der Waals surface area contributed by atoms with Crippen LogP contribution in [-0.4, -0.2) is 0 Å². The molecule has 2 atom stereocenters. The fourth-order valence-corrected chi connectivity index (χ4v) is 10.8. The first-order valence-corrected chi connectivity index (χ1v) is 14.6. The zero-order chi connectivity index (χ0) is 26.0. The highest BCUT2D eigenvalue weighted by molar-refractivity contribution is 5.65. The van der Waals surface area contributed by atoms with Crippen molar-refractivity contribution in [2.45, 2.75) is 81.5 Å². The van der Waals surface area contributed by atoms with E-state index in [2.05, 4.69) is 125 Å². The predicted molar refractivity (Wildman–Crippen MR) is 157 cm³/mol. The second-order valence-electron chi connectivity index (χ2n) is 13.8. The molecule has 2 bridgehead atoms. The predicted octanol–water partition coefficient (Wildman–Crippen LogP) is 8.96. The number of aryl methyl sites for hydroxylation is 4. The van der Waals surface area contributed by atoms with Crippen molar-refractivity contribution in [3.63, 3.8) is 0 Å². The molecule has 0 saturated heterocycles. The van der Waals surface area contributed by atoms with Gasteiger partial charge in [0.15, 0.2) is 0 Å². The highest BCUT2D eigenvalue weighted by Crippen LogP contribution is 2.97. The van der Waals surface area contributed by atoms with Crippen molar-refractivity contribution in [2.75, 3.05) is 0 Å². The van der Waals surface area contributed by atoms with Crippen LogP contribution in [0.4, 0.5) is 0 Å². The molecule has 0 heterocycles. The molecule has 0 nitrogen and oxygen atoms in total. The Hall–Kier alpha value is -3.12. The molecule has 1 spiro atoms. The summed E-state index contributed by atoms with van der Waals surface area (Å²) in [4.78, 5) is 0. The van der Waals surface area contributed by atoms with Crippen LogP contribution in [0.3, 0.4) is 0 Å². The van der Waals surface area contributed by atoms with Gasteiger partial charge in [-0.05, 0) is 87.5 Å². The molecular formula is C38H38. The fourth-order valence-electron chi connectivity index (χ4n) is 10.8. The largest absolute Gasteiger partial charge is 0.0590 e. The van der Waals surface area contributed by atoms with Gasteiger partial charge >= 0.3 is 0 Å². The van der Waals surface area contributed by atoms with Gasteiger partial charge in [0, 0.05) is 21.7 Å². The Bertz CT molecular complexity index is 1440. The van der Waals surface area contributed by atoms with Crippen LogP contribution in [0.1, 0.15) is 76.6 Å². The molecule has 0 aromatic heterocycles. The van der Waals surface area contributed by atoms with Crippen LogP contribution in [0.15, 0.2) is 97.1 Å². The zero-order valence-electron chi connectivity index (χ0n) is 23.3. The van der Waals surface area contributed by atoms with Gasteiger partial charge in [-0.3, -0.25) is 0 Å². The Morgan fingerprint density at radius 1 is 0.342 bits per heavy atom. The van der Waals surface area contributed by atoms with Crippen LogP contribution in [0.25, 0.3) is 0 Å². The third-order valence-corrected chi connectivity index (χ3v) is 12.0. The first-order chi connectivity index (χ1) is 18.3. The van der Waals surface area contributed by atoms with Crippen LogP contribution in [0.5, 0.6) is 0 Å². The Balaban J connectivity index is 1.41. The zero-order valence-corrected chi connectivity index (χ0v) is 23.3. The maximum atomic E-state index is 2.49. The summed E-state index contributed by atoms with van der Waals surface area (Å²) >= 11 is 0.